The number of morpholine rings is 1. The summed E-state index contributed by atoms with van der Waals surface area (Å²) in [7, 11) is 0. The van der Waals surface area contributed by atoms with Gasteiger partial charge in [-0.05, 0) is 42.7 Å². The molecule has 3 rings (SSSR count). The van der Waals surface area contributed by atoms with Crippen LogP contribution >= 0.6 is 0 Å². The molecular weight excluding hydrogens is 293 g/mol. The number of rotatable bonds is 4. The number of ether oxygens (including phenoxy) is 2. The first-order valence-corrected chi connectivity index (χ1v) is 7.96. The summed E-state index contributed by atoms with van der Waals surface area (Å²) in [6, 6.07) is 15.1. The molecule has 1 aliphatic heterocycles. The molecule has 1 fully saturated rings. The van der Waals surface area contributed by atoms with Gasteiger partial charge in [-0.3, -0.25) is 0 Å². The summed E-state index contributed by atoms with van der Waals surface area (Å²) in [5.74, 6) is -0.238. The topological polar surface area (TPSA) is 30.5 Å². The van der Waals surface area contributed by atoms with Gasteiger partial charge in [-0.1, -0.05) is 36.4 Å². The Bertz CT molecular complexity index is 627. The van der Waals surface area contributed by atoms with E-state index in [0.29, 0.717) is 6.61 Å². The molecule has 1 N–H and O–H groups in total. The van der Waals surface area contributed by atoms with Crippen molar-refractivity contribution in [2.75, 3.05) is 13.2 Å². The van der Waals surface area contributed by atoms with E-state index in [4.69, 9.17) is 9.47 Å². The third kappa shape index (κ3) is 3.96. The minimum atomic E-state index is -0.398. The van der Waals surface area contributed by atoms with E-state index < -0.39 is 6.29 Å². The van der Waals surface area contributed by atoms with E-state index in [1.807, 2.05) is 38.1 Å². The summed E-state index contributed by atoms with van der Waals surface area (Å²) in [6.07, 6.45) is -0.648. The Morgan fingerprint density at radius 1 is 1.22 bits per heavy atom. The molecule has 0 aromatic heterocycles. The van der Waals surface area contributed by atoms with Crippen LogP contribution in [0, 0.1) is 12.7 Å². The molecule has 3 nitrogen and oxygen atoms in total. The number of nitrogens with one attached hydrogen (secondary N) is 1. The van der Waals surface area contributed by atoms with Crippen LogP contribution in [-0.2, 0) is 9.47 Å². The first-order chi connectivity index (χ1) is 11.1. The number of halogens is 1. The van der Waals surface area contributed by atoms with E-state index in [-0.39, 0.29) is 18.0 Å². The molecule has 23 heavy (non-hydrogen) atoms. The average Bonchev–Trinajstić information content (AvgIpc) is 2.55. The van der Waals surface area contributed by atoms with Crippen LogP contribution < -0.4 is 5.32 Å². The fraction of sp³-hybridized carbons (Fsp3) is 0.368. The van der Waals surface area contributed by atoms with Gasteiger partial charge in [0.05, 0.1) is 18.8 Å². The van der Waals surface area contributed by atoms with Gasteiger partial charge in [0.25, 0.3) is 0 Å². The number of aryl methyl sites for hydroxylation is 1. The summed E-state index contributed by atoms with van der Waals surface area (Å²) < 4.78 is 25.5. The maximum Gasteiger partial charge on any atom is 0.177 e. The lowest BCUT2D eigenvalue weighted by Crippen LogP contribution is -2.43. The number of hydrogen-bond acceptors (Lipinski definition) is 3. The molecule has 2 aromatic rings. The Morgan fingerprint density at radius 2 is 2.00 bits per heavy atom. The molecule has 0 radical (unpaired) electrons. The molecule has 1 saturated heterocycles. The molecule has 0 spiro atoms. The summed E-state index contributed by atoms with van der Waals surface area (Å²) in [4.78, 5) is 0. The summed E-state index contributed by atoms with van der Waals surface area (Å²) in [5.41, 5.74) is 2.83. The normalized spacial score (nSPS) is 22.7. The molecule has 1 heterocycles. The second kappa shape index (κ2) is 7.21. The molecule has 2 aromatic carbocycles. The van der Waals surface area contributed by atoms with Crippen molar-refractivity contribution in [1.29, 1.82) is 0 Å². The van der Waals surface area contributed by atoms with Gasteiger partial charge < -0.3 is 14.8 Å². The average molecular weight is 315 g/mol. The summed E-state index contributed by atoms with van der Waals surface area (Å²) >= 11 is 0. The molecular formula is C19H22FNO2. The van der Waals surface area contributed by atoms with Crippen molar-refractivity contribution >= 4 is 0 Å². The third-order valence-electron chi connectivity index (χ3n) is 4.05. The van der Waals surface area contributed by atoms with Crippen molar-refractivity contribution in [3.05, 3.63) is 71.0 Å². The SMILES string of the molecule is Cc1cc(F)cc(C(C)OC2OCCNC2c2ccccc2)c1. The van der Waals surface area contributed by atoms with Gasteiger partial charge in [0.2, 0.25) is 0 Å². The van der Waals surface area contributed by atoms with Crippen molar-refractivity contribution in [2.45, 2.75) is 32.3 Å². The highest BCUT2D eigenvalue weighted by Crippen LogP contribution is 2.28. The lowest BCUT2D eigenvalue weighted by Gasteiger charge is -2.34. The summed E-state index contributed by atoms with van der Waals surface area (Å²) in [6.45, 7) is 5.19. The van der Waals surface area contributed by atoms with Gasteiger partial charge >= 0.3 is 0 Å². The minimum absolute atomic E-state index is 0.0259. The Labute approximate surface area is 136 Å². The maximum absolute atomic E-state index is 13.6. The monoisotopic (exact) mass is 315 g/mol. The van der Waals surface area contributed by atoms with Gasteiger partial charge in [0.1, 0.15) is 5.82 Å². The largest absolute Gasteiger partial charge is 0.349 e. The van der Waals surface area contributed by atoms with E-state index in [1.165, 1.54) is 12.1 Å². The van der Waals surface area contributed by atoms with Crippen molar-refractivity contribution in [3.63, 3.8) is 0 Å². The predicted molar refractivity (Wildman–Crippen MR) is 87.6 cm³/mol. The third-order valence-corrected chi connectivity index (χ3v) is 4.05. The maximum atomic E-state index is 13.6. The highest BCUT2D eigenvalue weighted by molar-refractivity contribution is 5.25. The number of hydrogen-bond donors (Lipinski definition) is 1. The second-order valence-corrected chi connectivity index (χ2v) is 5.92. The van der Waals surface area contributed by atoms with E-state index in [9.17, 15) is 4.39 Å². The fourth-order valence-corrected chi connectivity index (χ4v) is 2.91. The lowest BCUT2D eigenvalue weighted by molar-refractivity contribution is -0.200. The van der Waals surface area contributed by atoms with Crippen LogP contribution in [0.2, 0.25) is 0 Å². The quantitative estimate of drug-likeness (QED) is 0.928. The Morgan fingerprint density at radius 3 is 2.74 bits per heavy atom. The standard InChI is InChI=1S/C19H22FNO2/c1-13-10-16(12-17(20)11-13)14(2)23-19-18(21-8-9-22-19)15-6-4-3-5-7-15/h3-7,10-12,14,18-19,21H,8-9H2,1-2H3. The molecule has 3 unspecified atom stereocenters. The van der Waals surface area contributed by atoms with E-state index in [2.05, 4.69) is 17.4 Å². The van der Waals surface area contributed by atoms with Gasteiger partial charge in [-0.25, -0.2) is 4.39 Å². The first kappa shape index (κ1) is 16.1. The van der Waals surface area contributed by atoms with E-state index in [0.717, 1.165) is 23.2 Å². The lowest BCUT2D eigenvalue weighted by atomic mass is 10.0. The molecule has 0 aliphatic carbocycles. The van der Waals surface area contributed by atoms with Crippen LogP contribution in [-0.4, -0.2) is 19.4 Å². The minimum Gasteiger partial charge on any atom is -0.349 e. The van der Waals surface area contributed by atoms with Gasteiger partial charge in [-0.2, -0.15) is 0 Å². The molecule has 122 valence electrons. The van der Waals surface area contributed by atoms with E-state index >= 15 is 0 Å². The molecule has 3 atom stereocenters. The van der Waals surface area contributed by atoms with Crippen LogP contribution in [0.25, 0.3) is 0 Å². The van der Waals surface area contributed by atoms with Crippen LogP contribution in [0.4, 0.5) is 4.39 Å². The van der Waals surface area contributed by atoms with Crippen LogP contribution in [0.3, 0.4) is 0 Å². The van der Waals surface area contributed by atoms with Crippen LogP contribution in [0.5, 0.6) is 0 Å². The highest BCUT2D eigenvalue weighted by atomic mass is 19.1. The Hall–Kier alpha value is -1.75. The van der Waals surface area contributed by atoms with Crippen LogP contribution in [0.15, 0.2) is 48.5 Å². The second-order valence-electron chi connectivity index (χ2n) is 5.92. The zero-order valence-corrected chi connectivity index (χ0v) is 13.5. The number of benzene rings is 2. The summed E-state index contributed by atoms with van der Waals surface area (Å²) in [5, 5.41) is 3.44. The zero-order valence-electron chi connectivity index (χ0n) is 13.5. The van der Waals surface area contributed by atoms with Gasteiger partial charge in [0.15, 0.2) is 6.29 Å². The molecule has 1 aliphatic rings. The predicted octanol–water partition coefficient (Wildman–Crippen LogP) is 3.90. The van der Waals surface area contributed by atoms with E-state index in [1.54, 1.807) is 0 Å². The van der Waals surface area contributed by atoms with Crippen molar-refractivity contribution in [2.24, 2.45) is 0 Å². The fourth-order valence-electron chi connectivity index (χ4n) is 2.91. The molecule has 0 saturated carbocycles. The van der Waals surface area contributed by atoms with Crippen LogP contribution in [0.1, 0.15) is 35.8 Å². The van der Waals surface area contributed by atoms with Gasteiger partial charge in [0, 0.05) is 6.54 Å². The molecule has 4 heteroatoms. The van der Waals surface area contributed by atoms with Crippen molar-refractivity contribution < 1.29 is 13.9 Å². The van der Waals surface area contributed by atoms with Gasteiger partial charge in [-0.15, -0.1) is 0 Å². The zero-order chi connectivity index (χ0) is 16.2. The smallest absolute Gasteiger partial charge is 0.177 e. The Balaban J connectivity index is 1.76. The van der Waals surface area contributed by atoms with Crippen molar-refractivity contribution in [3.8, 4) is 0 Å². The highest BCUT2D eigenvalue weighted by Gasteiger charge is 2.29. The van der Waals surface area contributed by atoms with Crippen molar-refractivity contribution in [1.82, 2.24) is 5.32 Å². The molecule has 0 amide bonds. The molecule has 0 bridgehead atoms. The first-order valence-electron chi connectivity index (χ1n) is 7.96. The Kier molecular flexibility index (Phi) is 5.06.